The smallest absolute Gasteiger partial charge is 0.333 e. The van der Waals surface area contributed by atoms with Gasteiger partial charge in [0.1, 0.15) is 11.5 Å². The molecule has 0 amide bonds. The van der Waals surface area contributed by atoms with Crippen LogP contribution >= 0.6 is 0 Å². The second-order valence-corrected chi connectivity index (χ2v) is 5.95. The lowest BCUT2D eigenvalue weighted by Gasteiger charge is -2.33. The number of nitro groups is 1. The second-order valence-electron chi connectivity index (χ2n) is 5.95. The molecule has 1 fully saturated rings. The highest BCUT2D eigenvalue weighted by atomic mass is 16.6. The molecule has 1 saturated heterocycles. The molecule has 0 aromatic carbocycles. The Hall–Kier alpha value is -1.92. The van der Waals surface area contributed by atoms with E-state index in [0.717, 1.165) is 19.4 Å². The highest BCUT2D eigenvalue weighted by Crippen LogP contribution is 2.36. The van der Waals surface area contributed by atoms with Crippen LogP contribution in [0, 0.1) is 23.0 Å². The summed E-state index contributed by atoms with van der Waals surface area (Å²) >= 11 is 0. The van der Waals surface area contributed by atoms with Crippen molar-refractivity contribution in [3.8, 4) is 0 Å². The zero-order valence-corrected chi connectivity index (χ0v) is 13.0. The number of aromatic nitrogens is 2. The largest absolute Gasteiger partial charge is 0.350 e. The fraction of sp³-hybridized carbons (Fsp3) is 0.714. The molecule has 0 N–H and O–H groups in total. The highest BCUT2D eigenvalue weighted by Gasteiger charge is 2.34. The molecule has 7 nitrogen and oxygen atoms in total. The summed E-state index contributed by atoms with van der Waals surface area (Å²) in [7, 11) is 0. The minimum absolute atomic E-state index is 0.0325. The summed E-state index contributed by atoms with van der Waals surface area (Å²) in [6.45, 7) is 8.41. The lowest BCUT2D eigenvalue weighted by Crippen LogP contribution is -2.39. The van der Waals surface area contributed by atoms with Gasteiger partial charge in [-0.15, -0.1) is 0 Å². The van der Waals surface area contributed by atoms with Gasteiger partial charge in [0.25, 0.3) is 0 Å². The zero-order valence-electron chi connectivity index (χ0n) is 13.0. The van der Waals surface area contributed by atoms with Crippen molar-refractivity contribution >= 4 is 17.3 Å². The van der Waals surface area contributed by atoms with E-state index in [0.29, 0.717) is 18.1 Å². The minimum Gasteiger partial charge on any atom is -0.350 e. The van der Waals surface area contributed by atoms with E-state index >= 15 is 0 Å². The SMILES string of the molecule is CC(=O)C1CCCN(c2c([N+](=O)[O-])c(C)nn2C(C)C)C1. The number of anilines is 1. The molecule has 0 spiro atoms. The van der Waals surface area contributed by atoms with E-state index in [1.807, 2.05) is 18.7 Å². The summed E-state index contributed by atoms with van der Waals surface area (Å²) in [5, 5.41) is 15.7. The Balaban J connectivity index is 2.46. The highest BCUT2D eigenvalue weighted by molar-refractivity contribution is 5.79. The number of piperidine rings is 1. The van der Waals surface area contributed by atoms with Crippen LogP contribution in [0.3, 0.4) is 0 Å². The number of hydrogen-bond acceptors (Lipinski definition) is 5. The molecule has 1 unspecified atom stereocenters. The van der Waals surface area contributed by atoms with E-state index in [4.69, 9.17) is 0 Å². The van der Waals surface area contributed by atoms with Gasteiger partial charge in [-0.3, -0.25) is 14.9 Å². The first-order chi connectivity index (χ1) is 9.82. The number of ketones is 1. The summed E-state index contributed by atoms with van der Waals surface area (Å²) in [4.78, 5) is 24.6. The molecular formula is C14H22N4O3. The number of carbonyl (C=O) groups is 1. The summed E-state index contributed by atoms with van der Waals surface area (Å²) in [5.41, 5.74) is 0.488. The molecule has 1 aromatic rings. The number of rotatable bonds is 4. The van der Waals surface area contributed by atoms with Crippen LogP contribution in [0.4, 0.5) is 11.5 Å². The van der Waals surface area contributed by atoms with Crippen molar-refractivity contribution in [2.75, 3.05) is 18.0 Å². The van der Waals surface area contributed by atoms with E-state index in [2.05, 4.69) is 5.10 Å². The van der Waals surface area contributed by atoms with Gasteiger partial charge in [-0.05, 0) is 40.5 Å². The minimum atomic E-state index is -0.367. The van der Waals surface area contributed by atoms with Gasteiger partial charge in [0.2, 0.25) is 5.82 Å². The number of carbonyl (C=O) groups excluding carboxylic acids is 1. The maximum atomic E-state index is 11.6. The molecule has 1 aliphatic heterocycles. The Bertz CT molecular complexity index is 565. The lowest BCUT2D eigenvalue weighted by atomic mass is 9.94. The van der Waals surface area contributed by atoms with Crippen LogP contribution in [-0.4, -0.2) is 33.6 Å². The molecule has 116 valence electrons. The molecule has 0 radical (unpaired) electrons. The van der Waals surface area contributed by atoms with Crippen molar-refractivity contribution in [1.82, 2.24) is 9.78 Å². The van der Waals surface area contributed by atoms with E-state index < -0.39 is 0 Å². The third kappa shape index (κ3) is 2.91. The topological polar surface area (TPSA) is 81.3 Å². The van der Waals surface area contributed by atoms with Crippen LogP contribution in [0.1, 0.15) is 45.3 Å². The van der Waals surface area contributed by atoms with E-state index in [1.54, 1.807) is 18.5 Å². The van der Waals surface area contributed by atoms with E-state index in [-0.39, 0.29) is 28.4 Å². The van der Waals surface area contributed by atoms with Crippen molar-refractivity contribution in [2.24, 2.45) is 5.92 Å². The van der Waals surface area contributed by atoms with Crippen LogP contribution in [0.2, 0.25) is 0 Å². The quantitative estimate of drug-likeness (QED) is 0.629. The maximum absolute atomic E-state index is 11.6. The summed E-state index contributed by atoms with van der Waals surface area (Å²) in [5.74, 6) is 0.641. The van der Waals surface area contributed by atoms with Gasteiger partial charge in [-0.1, -0.05) is 0 Å². The Morgan fingerprint density at radius 3 is 2.67 bits per heavy atom. The molecular weight excluding hydrogens is 272 g/mol. The predicted molar refractivity (Wildman–Crippen MR) is 79.6 cm³/mol. The predicted octanol–water partition coefficient (Wildman–Crippen LogP) is 2.49. The number of aryl methyl sites for hydroxylation is 1. The van der Waals surface area contributed by atoms with Crippen molar-refractivity contribution in [3.63, 3.8) is 0 Å². The van der Waals surface area contributed by atoms with Gasteiger partial charge in [0.05, 0.1) is 4.92 Å². The van der Waals surface area contributed by atoms with Gasteiger partial charge in [0.15, 0.2) is 0 Å². The summed E-state index contributed by atoms with van der Waals surface area (Å²) in [6.07, 6.45) is 1.72. The van der Waals surface area contributed by atoms with Crippen molar-refractivity contribution < 1.29 is 9.72 Å². The van der Waals surface area contributed by atoms with E-state index in [1.165, 1.54) is 0 Å². The van der Waals surface area contributed by atoms with Gasteiger partial charge in [-0.2, -0.15) is 5.10 Å². The molecule has 0 aliphatic carbocycles. The number of Topliss-reactive ketones (excluding diaryl/α,β-unsaturated/α-hetero) is 1. The van der Waals surface area contributed by atoms with Gasteiger partial charge < -0.3 is 4.90 Å². The molecule has 1 aromatic heterocycles. The first-order valence-corrected chi connectivity index (χ1v) is 7.31. The number of nitrogens with zero attached hydrogens (tertiary/aromatic N) is 4. The normalized spacial score (nSPS) is 19.1. The second kappa shape index (κ2) is 5.83. The molecule has 0 bridgehead atoms. The fourth-order valence-electron chi connectivity index (χ4n) is 2.90. The van der Waals surface area contributed by atoms with Crippen LogP contribution in [0.5, 0.6) is 0 Å². The molecule has 2 heterocycles. The van der Waals surface area contributed by atoms with Crippen molar-refractivity contribution in [1.29, 1.82) is 0 Å². The molecule has 7 heteroatoms. The van der Waals surface area contributed by atoms with Crippen molar-refractivity contribution in [2.45, 2.75) is 46.6 Å². The van der Waals surface area contributed by atoms with Gasteiger partial charge in [0, 0.05) is 25.0 Å². The van der Waals surface area contributed by atoms with Crippen LogP contribution in [0.25, 0.3) is 0 Å². The fourth-order valence-corrected chi connectivity index (χ4v) is 2.90. The maximum Gasteiger partial charge on any atom is 0.333 e. The Kier molecular flexibility index (Phi) is 4.29. The van der Waals surface area contributed by atoms with Crippen LogP contribution < -0.4 is 4.90 Å². The Morgan fingerprint density at radius 2 is 2.14 bits per heavy atom. The average Bonchev–Trinajstić information content (AvgIpc) is 2.76. The van der Waals surface area contributed by atoms with Crippen LogP contribution in [0.15, 0.2) is 0 Å². The van der Waals surface area contributed by atoms with Crippen molar-refractivity contribution in [3.05, 3.63) is 15.8 Å². The lowest BCUT2D eigenvalue weighted by molar-refractivity contribution is -0.384. The monoisotopic (exact) mass is 294 g/mol. The Morgan fingerprint density at radius 1 is 1.48 bits per heavy atom. The molecule has 0 saturated carbocycles. The molecule has 1 atom stereocenters. The third-order valence-corrected chi connectivity index (χ3v) is 4.00. The Labute approximate surface area is 124 Å². The van der Waals surface area contributed by atoms with E-state index in [9.17, 15) is 14.9 Å². The van der Waals surface area contributed by atoms with Gasteiger partial charge in [-0.25, -0.2) is 4.68 Å². The third-order valence-electron chi connectivity index (χ3n) is 4.00. The zero-order chi connectivity index (χ0) is 15.7. The standard InChI is InChI=1S/C14H22N4O3/c1-9(2)17-14(13(18(20)21)10(3)15-17)16-7-5-6-12(8-16)11(4)19/h9,12H,5-8H2,1-4H3. The average molecular weight is 294 g/mol. The molecule has 2 rings (SSSR count). The first-order valence-electron chi connectivity index (χ1n) is 7.31. The molecule has 21 heavy (non-hydrogen) atoms. The molecule has 1 aliphatic rings. The number of hydrogen-bond donors (Lipinski definition) is 0. The van der Waals surface area contributed by atoms with Crippen LogP contribution in [-0.2, 0) is 4.79 Å². The first kappa shape index (κ1) is 15.5. The van der Waals surface area contributed by atoms with Gasteiger partial charge >= 0.3 is 5.69 Å². The summed E-state index contributed by atoms with van der Waals surface area (Å²) in [6, 6.07) is 0.0325. The summed E-state index contributed by atoms with van der Waals surface area (Å²) < 4.78 is 1.70.